The summed E-state index contributed by atoms with van der Waals surface area (Å²) in [6.07, 6.45) is -4.61. The molecule has 122 valence electrons. The molecule has 1 N–H and O–H groups in total. The molecule has 0 saturated heterocycles. The van der Waals surface area contributed by atoms with Gasteiger partial charge in [0.1, 0.15) is 0 Å². The lowest BCUT2D eigenvalue weighted by Crippen LogP contribution is -2.16. The molecule has 0 aliphatic carbocycles. The summed E-state index contributed by atoms with van der Waals surface area (Å²) in [7, 11) is 1.09. The van der Waals surface area contributed by atoms with Gasteiger partial charge in [0.25, 0.3) is 5.91 Å². The highest BCUT2D eigenvalue weighted by atomic mass is 35.5. The maximum Gasteiger partial charge on any atom is 0.416 e. The number of nitrogens with one attached hydrogen (secondary N) is 1. The molecular weight excluding hydrogens is 355 g/mol. The maximum absolute atomic E-state index is 12.8. The van der Waals surface area contributed by atoms with Crippen molar-refractivity contribution in [3.63, 3.8) is 0 Å². The number of anilines is 1. The Balaban J connectivity index is 2.40. The molecule has 0 bridgehead atoms. The van der Waals surface area contributed by atoms with Crippen molar-refractivity contribution in [1.82, 2.24) is 0 Å². The maximum atomic E-state index is 12.8. The summed E-state index contributed by atoms with van der Waals surface area (Å²) in [5.74, 6) is -1.54. The minimum atomic E-state index is -4.61. The second-order valence-corrected chi connectivity index (χ2v) is 6.02. The molecule has 1 amide bonds. The van der Waals surface area contributed by atoms with Crippen LogP contribution >= 0.6 is 22.9 Å². The highest BCUT2D eigenvalue weighted by molar-refractivity contribution is 7.18. The molecule has 1 heterocycles. The summed E-state index contributed by atoms with van der Waals surface area (Å²) in [5.41, 5.74) is -1.47. The van der Waals surface area contributed by atoms with Crippen LogP contribution in [-0.2, 0) is 10.9 Å². The molecule has 0 aliphatic heterocycles. The Morgan fingerprint density at radius 1 is 1.22 bits per heavy atom. The van der Waals surface area contributed by atoms with Crippen LogP contribution in [0.4, 0.5) is 18.9 Å². The van der Waals surface area contributed by atoms with Crippen molar-refractivity contribution in [1.29, 1.82) is 0 Å². The van der Waals surface area contributed by atoms with Crippen molar-refractivity contribution in [2.75, 3.05) is 12.4 Å². The van der Waals surface area contributed by atoms with Crippen LogP contribution in [0.15, 0.2) is 30.3 Å². The van der Waals surface area contributed by atoms with Crippen LogP contribution in [0, 0.1) is 0 Å². The van der Waals surface area contributed by atoms with Gasteiger partial charge in [0.2, 0.25) is 0 Å². The van der Waals surface area contributed by atoms with Gasteiger partial charge in [-0.25, -0.2) is 4.79 Å². The Bertz CT molecular complexity index is 758. The lowest BCUT2D eigenvalue weighted by Gasteiger charge is -2.13. The molecule has 0 saturated carbocycles. The van der Waals surface area contributed by atoms with E-state index in [1.807, 2.05) is 0 Å². The van der Waals surface area contributed by atoms with E-state index in [-0.39, 0.29) is 16.1 Å². The lowest BCUT2D eigenvalue weighted by molar-refractivity contribution is -0.137. The third-order valence-corrected chi connectivity index (χ3v) is 4.03. The lowest BCUT2D eigenvalue weighted by atomic mass is 10.1. The van der Waals surface area contributed by atoms with Gasteiger partial charge in [-0.3, -0.25) is 4.79 Å². The van der Waals surface area contributed by atoms with Crippen molar-refractivity contribution >= 4 is 40.5 Å². The van der Waals surface area contributed by atoms with E-state index in [2.05, 4.69) is 10.1 Å². The second kappa shape index (κ2) is 6.59. The minimum Gasteiger partial charge on any atom is -0.465 e. The first kappa shape index (κ1) is 17.3. The van der Waals surface area contributed by atoms with Crippen LogP contribution in [0.5, 0.6) is 0 Å². The molecule has 9 heteroatoms. The van der Waals surface area contributed by atoms with E-state index in [0.717, 1.165) is 30.6 Å². The molecule has 1 aromatic heterocycles. The molecule has 0 unspecified atom stereocenters. The quantitative estimate of drug-likeness (QED) is 0.819. The minimum absolute atomic E-state index is 0.184. The molecule has 1 aromatic carbocycles. The molecule has 2 aromatic rings. The number of carbonyl (C=O) groups excluding carboxylic acids is 2. The first-order valence-electron chi connectivity index (χ1n) is 6.08. The summed E-state index contributed by atoms with van der Waals surface area (Å²) < 4.78 is 43.3. The van der Waals surface area contributed by atoms with E-state index in [0.29, 0.717) is 10.4 Å². The van der Waals surface area contributed by atoms with E-state index >= 15 is 0 Å². The third kappa shape index (κ3) is 4.02. The topological polar surface area (TPSA) is 55.4 Å². The number of esters is 1. The number of amides is 1. The van der Waals surface area contributed by atoms with E-state index in [1.54, 1.807) is 0 Å². The Hall–Kier alpha value is -2.06. The Morgan fingerprint density at radius 2 is 1.91 bits per heavy atom. The predicted molar refractivity (Wildman–Crippen MR) is 80.1 cm³/mol. The van der Waals surface area contributed by atoms with Gasteiger partial charge in [0, 0.05) is 0 Å². The smallest absolute Gasteiger partial charge is 0.416 e. The number of alkyl halides is 3. The number of thiophene rings is 1. The molecule has 0 aliphatic rings. The zero-order valence-electron chi connectivity index (χ0n) is 11.5. The van der Waals surface area contributed by atoms with E-state index in [4.69, 9.17) is 11.6 Å². The molecule has 0 spiro atoms. The summed E-state index contributed by atoms with van der Waals surface area (Å²) in [4.78, 5) is 23.9. The average molecular weight is 364 g/mol. The Morgan fingerprint density at radius 3 is 2.43 bits per heavy atom. The first-order valence-corrected chi connectivity index (χ1v) is 7.28. The van der Waals surface area contributed by atoms with Gasteiger partial charge >= 0.3 is 12.1 Å². The van der Waals surface area contributed by atoms with Crippen LogP contribution in [0.3, 0.4) is 0 Å². The number of carbonyl (C=O) groups is 2. The van der Waals surface area contributed by atoms with Gasteiger partial charge < -0.3 is 10.1 Å². The van der Waals surface area contributed by atoms with Crippen molar-refractivity contribution in [2.24, 2.45) is 0 Å². The van der Waals surface area contributed by atoms with Crippen LogP contribution in [0.2, 0.25) is 4.34 Å². The fourth-order valence-electron chi connectivity index (χ4n) is 1.73. The highest BCUT2D eigenvalue weighted by Gasteiger charge is 2.32. The Labute approximate surface area is 137 Å². The van der Waals surface area contributed by atoms with Crippen LogP contribution in [0.1, 0.15) is 25.6 Å². The highest BCUT2D eigenvalue weighted by Crippen LogP contribution is 2.33. The molecular formula is C14H9ClF3NO3S. The fraction of sp³-hybridized carbons (Fsp3) is 0.143. The van der Waals surface area contributed by atoms with Gasteiger partial charge in [-0.05, 0) is 30.3 Å². The van der Waals surface area contributed by atoms with Crippen molar-refractivity contribution in [3.8, 4) is 0 Å². The van der Waals surface area contributed by atoms with E-state index in [9.17, 15) is 22.8 Å². The summed E-state index contributed by atoms with van der Waals surface area (Å²) in [6.45, 7) is 0. The van der Waals surface area contributed by atoms with Crippen molar-refractivity contribution in [2.45, 2.75) is 6.18 Å². The molecule has 2 rings (SSSR count). The fourth-order valence-corrected chi connectivity index (χ4v) is 2.67. The second-order valence-electron chi connectivity index (χ2n) is 4.31. The van der Waals surface area contributed by atoms with Gasteiger partial charge in [-0.1, -0.05) is 11.6 Å². The van der Waals surface area contributed by atoms with Crippen LogP contribution in [-0.4, -0.2) is 19.0 Å². The number of halogens is 4. The predicted octanol–water partition coefficient (Wildman–Crippen LogP) is 4.46. The molecule has 0 atom stereocenters. The summed E-state index contributed by atoms with van der Waals surface area (Å²) in [5, 5.41) is 2.28. The largest absolute Gasteiger partial charge is 0.465 e. The normalized spacial score (nSPS) is 11.2. The molecule has 23 heavy (non-hydrogen) atoms. The number of methoxy groups -OCH3 is 1. The summed E-state index contributed by atoms with van der Waals surface area (Å²) >= 11 is 6.67. The van der Waals surface area contributed by atoms with Gasteiger partial charge in [0.05, 0.1) is 33.1 Å². The van der Waals surface area contributed by atoms with Gasteiger partial charge in [-0.2, -0.15) is 13.2 Å². The molecule has 0 radical (unpaired) electrons. The van der Waals surface area contributed by atoms with Crippen molar-refractivity contribution in [3.05, 3.63) is 50.7 Å². The Kier molecular flexibility index (Phi) is 4.96. The monoisotopic (exact) mass is 363 g/mol. The zero-order chi connectivity index (χ0) is 17.2. The van der Waals surface area contributed by atoms with Crippen LogP contribution in [0.25, 0.3) is 0 Å². The van der Waals surface area contributed by atoms with Crippen molar-refractivity contribution < 1.29 is 27.5 Å². The molecule has 4 nitrogen and oxygen atoms in total. The standard InChI is InChI=1S/C14H9ClF3NO3S/c1-22-13(21)8-3-2-7(14(16,17)18)6-9(8)19-12(20)10-4-5-11(15)23-10/h2-6H,1H3,(H,19,20). The number of ether oxygens (including phenoxy) is 1. The van der Waals surface area contributed by atoms with Gasteiger partial charge in [-0.15, -0.1) is 11.3 Å². The number of benzene rings is 1. The number of rotatable bonds is 3. The van der Waals surface area contributed by atoms with E-state index in [1.165, 1.54) is 12.1 Å². The summed E-state index contributed by atoms with van der Waals surface area (Å²) in [6, 6.07) is 5.28. The number of hydrogen-bond donors (Lipinski definition) is 1. The van der Waals surface area contributed by atoms with Crippen LogP contribution < -0.4 is 5.32 Å². The van der Waals surface area contributed by atoms with Gasteiger partial charge in [0.15, 0.2) is 0 Å². The third-order valence-electron chi connectivity index (χ3n) is 2.80. The molecule has 0 fully saturated rings. The average Bonchev–Trinajstić information content (AvgIpc) is 2.92. The first-order chi connectivity index (χ1) is 10.7. The number of hydrogen-bond acceptors (Lipinski definition) is 4. The zero-order valence-corrected chi connectivity index (χ0v) is 13.1. The van der Waals surface area contributed by atoms with E-state index < -0.39 is 23.6 Å². The SMILES string of the molecule is COC(=O)c1ccc(C(F)(F)F)cc1NC(=O)c1ccc(Cl)s1.